The number of nitrogens with two attached hydrogens (primary N) is 2. The Balaban J connectivity index is 3.01. The molecule has 0 spiro atoms. The normalized spacial score (nSPS) is 15.3. The number of carboxylic acid groups (broad SMARTS) is 1. The van der Waals surface area contributed by atoms with Gasteiger partial charge in [0.1, 0.15) is 12.1 Å². The first-order valence-electron chi connectivity index (χ1n) is 9.96. The predicted molar refractivity (Wildman–Crippen MR) is 121 cm³/mol. The quantitative estimate of drug-likeness (QED) is 0.138. The van der Waals surface area contributed by atoms with Crippen LogP contribution >= 0.6 is 12.6 Å². The van der Waals surface area contributed by atoms with Crippen LogP contribution in [0.15, 0.2) is 30.3 Å². The number of aliphatic hydroxyl groups is 1. The van der Waals surface area contributed by atoms with Crippen LogP contribution in [0.2, 0.25) is 0 Å². The lowest BCUT2D eigenvalue weighted by Gasteiger charge is -2.25. The van der Waals surface area contributed by atoms with Gasteiger partial charge in [0.2, 0.25) is 23.6 Å². The highest BCUT2D eigenvalue weighted by molar-refractivity contribution is 7.80. The Kier molecular flexibility index (Phi) is 11.3. The van der Waals surface area contributed by atoms with Crippen molar-refractivity contribution in [1.29, 1.82) is 0 Å². The third kappa shape index (κ3) is 9.47. The fourth-order valence-electron chi connectivity index (χ4n) is 2.76. The van der Waals surface area contributed by atoms with Gasteiger partial charge in [-0.05, 0) is 12.5 Å². The van der Waals surface area contributed by atoms with Crippen molar-refractivity contribution in [3.63, 3.8) is 0 Å². The second kappa shape index (κ2) is 13.4. The van der Waals surface area contributed by atoms with Gasteiger partial charge in [0.25, 0.3) is 0 Å². The number of benzene rings is 1. The van der Waals surface area contributed by atoms with Crippen LogP contribution in [0.25, 0.3) is 0 Å². The second-order valence-corrected chi connectivity index (χ2v) is 7.70. The van der Waals surface area contributed by atoms with E-state index in [9.17, 15) is 34.2 Å². The van der Waals surface area contributed by atoms with E-state index in [1.165, 1.54) is 6.92 Å². The van der Waals surface area contributed by atoms with Gasteiger partial charge in [-0.1, -0.05) is 30.3 Å². The fraction of sp³-hybridized carbons (Fsp3) is 0.450. The summed E-state index contributed by atoms with van der Waals surface area (Å²) < 4.78 is 0. The minimum atomic E-state index is -1.60. The van der Waals surface area contributed by atoms with Crippen molar-refractivity contribution < 1.29 is 34.2 Å². The molecule has 0 heterocycles. The first kappa shape index (κ1) is 27.9. The van der Waals surface area contributed by atoms with Gasteiger partial charge in [-0.15, -0.1) is 0 Å². The van der Waals surface area contributed by atoms with E-state index in [4.69, 9.17) is 11.5 Å². The number of primary amides is 1. The average Bonchev–Trinajstić information content (AvgIpc) is 2.74. The second-order valence-electron chi connectivity index (χ2n) is 7.34. The number of carbonyl (C=O) groups excluding carboxylic acids is 4. The first-order chi connectivity index (χ1) is 15.5. The summed E-state index contributed by atoms with van der Waals surface area (Å²) in [6, 6.07) is 3.29. The highest BCUT2D eigenvalue weighted by Gasteiger charge is 2.31. The summed E-state index contributed by atoms with van der Waals surface area (Å²) in [6.07, 6.45) is -1.82. The molecular weight excluding hydrogens is 454 g/mol. The molecule has 9 N–H and O–H groups in total. The molecule has 0 aliphatic rings. The van der Waals surface area contributed by atoms with Gasteiger partial charge in [-0.3, -0.25) is 19.2 Å². The molecule has 0 fully saturated rings. The van der Waals surface area contributed by atoms with E-state index in [0.29, 0.717) is 5.56 Å². The maximum absolute atomic E-state index is 12.8. The van der Waals surface area contributed by atoms with E-state index in [1.54, 1.807) is 30.3 Å². The van der Waals surface area contributed by atoms with Crippen LogP contribution in [0.1, 0.15) is 18.9 Å². The molecular formula is C20H29N5O7S. The number of carbonyl (C=O) groups is 5. The van der Waals surface area contributed by atoms with E-state index in [2.05, 4.69) is 28.6 Å². The molecule has 0 aromatic heterocycles. The third-order valence-electron chi connectivity index (χ3n) is 4.54. The summed E-state index contributed by atoms with van der Waals surface area (Å²) >= 11 is 4.03. The number of hydrogen-bond acceptors (Lipinski definition) is 8. The number of nitrogens with one attached hydrogen (secondary N) is 3. The Morgan fingerprint density at radius 3 is 2.00 bits per heavy atom. The lowest BCUT2D eigenvalue weighted by atomic mass is 10.0. The molecule has 0 saturated carbocycles. The van der Waals surface area contributed by atoms with E-state index < -0.39 is 66.3 Å². The van der Waals surface area contributed by atoms with Crippen LogP contribution in [0.4, 0.5) is 0 Å². The van der Waals surface area contributed by atoms with Crippen molar-refractivity contribution in [2.45, 2.75) is 50.0 Å². The topological polar surface area (TPSA) is 214 Å². The van der Waals surface area contributed by atoms with Crippen LogP contribution in [-0.4, -0.2) is 75.8 Å². The number of hydrogen-bond donors (Lipinski definition) is 8. The Morgan fingerprint density at radius 2 is 1.52 bits per heavy atom. The van der Waals surface area contributed by atoms with Gasteiger partial charge in [-0.2, -0.15) is 12.6 Å². The number of aliphatic carboxylic acids is 1. The monoisotopic (exact) mass is 483 g/mol. The molecule has 0 saturated heterocycles. The highest BCUT2D eigenvalue weighted by Crippen LogP contribution is 2.06. The maximum atomic E-state index is 12.8. The summed E-state index contributed by atoms with van der Waals surface area (Å²) in [6.45, 7) is 1.20. The van der Waals surface area contributed by atoms with Crippen LogP contribution in [0.3, 0.4) is 0 Å². The van der Waals surface area contributed by atoms with E-state index in [-0.39, 0.29) is 12.2 Å². The van der Waals surface area contributed by atoms with Gasteiger partial charge in [0.05, 0.1) is 18.6 Å². The number of carboxylic acids is 1. The number of aliphatic hydroxyl groups excluding tert-OH is 1. The van der Waals surface area contributed by atoms with Crippen molar-refractivity contribution in [3.8, 4) is 0 Å². The lowest BCUT2D eigenvalue weighted by molar-refractivity contribution is -0.145. The van der Waals surface area contributed by atoms with Gasteiger partial charge in [0, 0.05) is 12.2 Å². The molecule has 182 valence electrons. The number of thiol groups is 1. The molecule has 0 bridgehead atoms. The first-order valence-corrected chi connectivity index (χ1v) is 10.6. The molecule has 0 aliphatic carbocycles. The zero-order valence-corrected chi connectivity index (χ0v) is 18.8. The molecule has 5 unspecified atom stereocenters. The third-order valence-corrected chi connectivity index (χ3v) is 4.90. The summed E-state index contributed by atoms with van der Waals surface area (Å²) in [7, 11) is 0. The lowest BCUT2D eigenvalue weighted by Crippen LogP contribution is -2.59. The Hall–Kier alpha value is -3.16. The van der Waals surface area contributed by atoms with Gasteiger partial charge in [-0.25, -0.2) is 4.79 Å². The van der Waals surface area contributed by atoms with Crippen molar-refractivity contribution in [2.75, 3.05) is 5.75 Å². The van der Waals surface area contributed by atoms with E-state index in [1.807, 2.05) is 0 Å². The summed E-state index contributed by atoms with van der Waals surface area (Å²) in [5, 5.41) is 25.9. The molecule has 0 radical (unpaired) electrons. The van der Waals surface area contributed by atoms with Crippen LogP contribution in [0.5, 0.6) is 0 Å². The molecule has 4 amide bonds. The Bertz CT molecular complexity index is 852. The van der Waals surface area contributed by atoms with E-state index in [0.717, 1.165) is 0 Å². The zero-order valence-electron chi connectivity index (χ0n) is 17.9. The minimum Gasteiger partial charge on any atom is -0.480 e. The average molecular weight is 484 g/mol. The maximum Gasteiger partial charge on any atom is 0.328 e. The van der Waals surface area contributed by atoms with Gasteiger partial charge >= 0.3 is 5.97 Å². The molecule has 33 heavy (non-hydrogen) atoms. The van der Waals surface area contributed by atoms with E-state index >= 15 is 0 Å². The standard InChI is InChI=1S/C20H29N5O7S/c1-10(26)16(20(31)32)25-18(29)13(7-11-5-3-2-4-6-11)23-19(30)14(9-33)24-17(28)12(21)8-15(22)27/h2-6,10,12-14,16,26,33H,7-9,21H2,1H3,(H2,22,27)(H,23,30)(H,24,28)(H,25,29)(H,31,32). The molecule has 0 aliphatic heterocycles. The summed E-state index contributed by atoms with van der Waals surface area (Å²) in [4.78, 5) is 60.0. The summed E-state index contributed by atoms with van der Waals surface area (Å²) in [5.41, 5.74) is 11.2. The van der Waals surface area contributed by atoms with Crippen molar-refractivity contribution >= 4 is 42.2 Å². The smallest absolute Gasteiger partial charge is 0.328 e. The Labute approximate surface area is 195 Å². The largest absolute Gasteiger partial charge is 0.480 e. The number of rotatable bonds is 13. The molecule has 12 nitrogen and oxygen atoms in total. The highest BCUT2D eigenvalue weighted by atomic mass is 32.1. The predicted octanol–water partition coefficient (Wildman–Crippen LogP) is -2.72. The van der Waals surface area contributed by atoms with Crippen LogP contribution in [-0.2, 0) is 30.4 Å². The van der Waals surface area contributed by atoms with Crippen molar-refractivity contribution in [1.82, 2.24) is 16.0 Å². The van der Waals surface area contributed by atoms with Crippen molar-refractivity contribution in [2.24, 2.45) is 11.5 Å². The Morgan fingerprint density at radius 1 is 0.970 bits per heavy atom. The molecule has 1 aromatic rings. The zero-order chi connectivity index (χ0) is 25.1. The molecule has 1 aromatic carbocycles. The minimum absolute atomic E-state index is 0.00100. The summed E-state index contributed by atoms with van der Waals surface area (Å²) in [5.74, 6) is -4.86. The van der Waals surface area contributed by atoms with Gasteiger partial charge < -0.3 is 37.6 Å². The number of amides is 4. The molecule has 1 rings (SSSR count). The molecule has 5 atom stereocenters. The van der Waals surface area contributed by atoms with Gasteiger partial charge in [0.15, 0.2) is 6.04 Å². The van der Waals surface area contributed by atoms with Crippen molar-refractivity contribution in [3.05, 3.63) is 35.9 Å². The van der Waals surface area contributed by atoms with Crippen LogP contribution < -0.4 is 27.4 Å². The SMILES string of the molecule is CC(O)C(NC(=O)C(Cc1ccccc1)NC(=O)C(CS)NC(=O)C(N)CC(N)=O)C(=O)O. The van der Waals surface area contributed by atoms with Crippen LogP contribution in [0, 0.1) is 0 Å². The fourth-order valence-corrected chi connectivity index (χ4v) is 3.01. The molecule has 13 heteroatoms.